The number of amides is 1. The Balaban J connectivity index is 2.17. The van der Waals surface area contributed by atoms with Crippen LogP contribution in [0.5, 0.6) is 0 Å². The van der Waals surface area contributed by atoms with E-state index in [-0.39, 0.29) is 22.2 Å². The molecule has 6 heteroatoms. The second kappa shape index (κ2) is 7.85. The molecule has 0 heterocycles. The zero-order valence-electron chi connectivity index (χ0n) is 14.2. The summed E-state index contributed by atoms with van der Waals surface area (Å²) < 4.78 is 0. The number of carbonyl (C=O) groups excluding carboxylic acids is 1. The first kappa shape index (κ1) is 18.5. The van der Waals surface area contributed by atoms with E-state index in [4.69, 9.17) is 16.7 Å². The minimum absolute atomic E-state index is 0.0561. The summed E-state index contributed by atoms with van der Waals surface area (Å²) in [6, 6.07) is 11.9. The lowest BCUT2D eigenvalue weighted by Gasteiger charge is -2.12. The lowest BCUT2D eigenvalue weighted by Crippen LogP contribution is -2.13. The normalized spacial score (nSPS) is 11.1. The third-order valence-electron chi connectivity index (χ3n) is 3.61. The van der Waals surface area contributed by atoms with Crippen molar-refractivity contribution in [2.45, 2.75) is 6.92 Å². The van der Waals surface area contributed by atoms with E-state index in [0.29, 0.717) is 5.57 Å². The fourth-order valence-electron chi connectivity index (χ4n) is 2.16. The van der Waals surface area contributed by atoms with Crippen molar-refractivity contribution in [3.05, 3.63) is 64.2 Å². The molecule has 0 aliphatic carbocycles. The highest BCUT2D eigenvalue weighted by atomic mass is 35.5. The van der Waals surface area contributed by atoms with Gasteiger partial charge in [-0.05, 0) is 48.9 Å². The van der Waals surface area contributed by atoms with Crippen molar-refractivity contribution in [1.82, 2.24) is 0 Å². The number of hydrogen-bond acceptors (Lipinski definition) is 3. The molecule has 5 nitrogen and oxygen atoms in total. The van der Waals surface area contributed by atoms with Gasteiger partial charge in [-0.1, -0.05) is 23.7 Å². The Morgan fingerprint density at radius 1 is 1.12 bits per heavy atom. The van der Waals surface area contributed by atoms with Gasteiger partial charge in [-0.25, -0.2) is 4.79 Å². The summed E-state index contributed by atoms with van der Waals surface area (Å²) in [5, 5.41) is 12.0. The van der Waals surface area contributed by atoms with Crippen molar-refractivity contribution in [2.75, 3.05) is 24.3 Å². The highest BCUT2D eigenvalue weighted by molar-refractivity contribution is 6.34. The van der Waals surface area contributed by atoms with Gasteiger partial charge >= 0.3 is 5.97 Å². The van der Waals surface area contributed by atoms with Crippen molar-refractivity contribution in [3.8, 4) is 0 Å². The molecule has 1 amide bonds. The number of rotatable bonds is 5. The summed E-state index contributed by atoms with van der Waals surface area (Å²) in [6.07, 6.45) is 1.75. The quantitative estimate of drug-likeness (QED) is 0.788. The first-order valence-corrected chi connectivity index (χ1v) is 7.95. The SMILES string of the molecule is C/C(=C\c1ccc(N(C)C)cc1)C(=O)Nc1cc(C(=O)O)ccc1Cl. The maximum Gasteiger partial charge on any atom is 0.335 e. The van der Waals surface area contributed by atoms with E-state index < -0.39 is 5.97 Å². The van der Waals surface area contributed by atoms with Crippen LogP contribution in [0.1, 0.15) is 22.8 Å². The Kier molecular flexibility index (Phi) is 5.83. The third-order valence-corrected chi connectivity index (χ3v) is 3.94. The van der Waals surface area contributed by atoms with E-state index in [1.54, 1.807) is 13.0 Å². The molecule has 0 atom stereocenters. The molecule has 2 aromatic rings. The Morgan fingerprint density at radius 2 is 1.76 bits per heavy atom. The number of carboxylic acid groups (broad SMARTS) is 1. The number of anilines is 2. The van der Waals surface area contributed by atoms with Gasteiger partial charge in [0.15, 0.2) is 0 Å². The largest absolute Gasteiger partial charge is 0.478 e. The van der Waals surface area contributed by atoms with Crippen LogP contribution in [0.3, 0.4) is 0 Å². The Bertz CT molecular complexity index is 827. The summed E-state index contributed by atoms with van der Waals surface area (Å²) in [4.78, 5) is 25.4. The Morgan fingerprint density at radius 3 is 2.32 bits per heavy atom. The van der Waals surface area contributed by atoms with Crippen LogP contribution >= 0.6 is 11.6 Å². The minimum atomic E-state index is -1.08. The second-order valence-electron chi connectivity index (χ2n) is 5.77. The number of carbonyl (C=O) groups is 2. The first-order valence-electron chi connectivity index (χ1n) is 7.58. The van der Waals surface area contributed by atoms with Gasteiger partial charge < -0.3 is 15.3 Å². The van der Waals surface area contributed by atoms with Crippen LogP contribution in [-0.4, -0.2) is 31.1 Å². The molecule has 0 bridgehead atoms. The van der Waals surface area contributed by atoms with Gasteiger partial charge in [0.25, 0.3) is 5.91 Å². The number of aromatic carboxylic acids is 1. The van der Waals surface area contributed by atoms with Crippen LogP contribution in [0, 0.1) is 0 Å². The zero-order valence-corrected chi connectivity index (χ0v) is 15.0. The van der Waals surface area contributed by atoms with Gasteiger partial charge in [0.05, 0.1) is 16.3 Å². The molecule has 0 aromatic heterocycles. The lowest BCUT2D eigenvalue weighted by molar-refractivity contribution is -0.112. The van der Waals surface area contributed by atoms with E-state index in [0.717, 1.165) is 11.3 Å². The molecule has 0 spiro atoms. The summed E-state index contributed by atoms with van der Waals surface area (Å²) in [5.41, 5.74) is 2.76. The van der Waals surface area contributed by atoms with Gasteiger partial charge in [-0.15, -0.1) is 0 Å². The molecule has 25 heavy (non-hydrogen) atoms. The molecule has 0 radical (unpaired) electrons. The summed E-state index contributed by atoms with van der Waals surface area (Å²) in [5.74, 6) is -1.43. The summed E-state index contributed by atoms with van der Waals surface area (Å²) >= 11 is 6.03. The number of nitrogens with one attached hydrogen (secondary N) is 1. The third kappa shape index (κ3) is 4.84. The van der Waals surface area contributed by atoms with Crippen LogP contribution in [0.25, 0.3) is 6.08 Å². The van der Waals surface area contributed by atoms with Crippen molar-refractivity contribution < 1.29 is 14.7 Å². The molecule has 0 aliphatic rings. The van der Waals surface area contributed by atoms with E-state index >= 15 is 0 Å². The zero-order chi connectivity index (χ0) is 18.6. The van der Waals surface area contributed by atoms with Crippen LogP contribution in [-0.2, 0) is 4.79 Å². The monoisotopic (exact) mass is 358 g/mol. The molecule has 130 valence electrons. The summed E-state index contributed by atoms with van der Waals surface area (Å²) in [6.45, 7) is 1.68. The topological polar surface area (TPSA) is 69.6 Å². The first-order chi connectivity index (χ1) is 11.8. The van der Waals surface area contributed by atoms with Crippen molar-refractivity contribution >= 4 is 40.9 Å². The molecule has 2 N–H and O–H groups in total. The molecule has 2 rings (SSSR count). The number of carboxylic acids is 1. The van der Waals surface area contributed by atoms with Gasteiger partial charge in [-0.2, -0.15) is 0 Å². The maximum absolute atomic E-state index is 12.3. The van der Waals surface area contributed by atoms with Crippen LogP contribution < -0.4 is 10.2 Å². The van der Waals surface area contributed by atoms with Crippen LogP contribution in [0.15, 0.2) is 48.0 Å². The van der Waals surface area contributed by atoms with Crippen LogP contribution in [0.4, 0.5) is 11.4 Å². The standard InChI is InChI=1S/C19H19ClN2O3/c1-12(10-13-4-7-15(8-5-13)22(2)3)18(23)21-17-11-14(19(24)25)6-9-16(17)20/h4-11H,1-3H3,(H,21,23)(H,24,25)/b12-10+. The van der Waals surface area contributed by atoms with Crippen molar-refractivity contribution in [1.29, 1.82) is 0 Å². The van der Waals surface area contributed by atoms with Crippen molar-refractivity contribution in [3.63, 3.8) is 0 Å². The maximum atomic E-state index is 12.3. The van der Waals surface area contributed by atoms with E-state index in [2.05, 4.69) is 5.32 Å². The molecule has 0 fully saturated rings. The minimum Gasteiger partial charge on any atom is -0.478 e. The molecule has 0 saturated carbocycles. The highest BCUT2D eigenvalue weighted by Crippen LogP contribution is 2.24. The fraction of sp³-hybridized carbons (Fsp3) is 0.158. The number of benzene rings is 2. The van der Waals surface area contributed by atoms with Gasteiger partial charge in [-0.3, -0.25) is 4.79 Å². The van der Waals surface area contributed by atoms with E-state index in [1.807, 2.05) is 43.3 Å². The van der Waals surface area contributed by atoms with Gasteiger partial charge in [0, 0.05) is 25.4 Å². The lowest BCUT2D eigenvalue weighted by atomic mass is 10.1. The van der Waals surface area contributed by atoms with E-state index in [9.17, 15) is 9.59 Å². The van der Waals surface area contributed by atoms with Crippen LogP contribution in [0.2, 0.25) is 5.02 Å². The number of hydrogen-bond donors (Lipinski definition) is 2. The number of halogens is 1. The predicted octanol–water partition coefficient (Wildman–Crippen LogP) is 4.15. The molecule has 0 saturated heterocycles. The molecule has 2 aromatic carbocycles. The predicted molar refractivity (Wildman–Crippen MR) is 101 cm³/mol. The Hall–Kier alpha value is -2.79. The average Bonchev–Trinajstić information content (AvgIpc) is 2.57. The molecule has 0 unspecified atom stereocenters. The van der Waals surface area contributed by atoms with Gasteiger partial charge in [0.1, 0.15) is 0 Å². The van der Waals surface area contributed by atoms with Crippen molar-refractivity contribution in [2.24, 2.45) is 0 Å². The fourth-order valence-corrected chi connectivity index (χ4v) is 2.32. The van der Waals surface area contributed by atoms with E-state index in [1.165, 1.54) is 18.2 Å². The highest BCUT2D eigenvalue weighted by Gasteiger charge is 2.11. The molecular formula is C19H19ClN2O3. The average molecular weight is 359 g/mol. The second-order valence-corrected chi connectivity index (χ2v) is 6.17. The number of nitrogens with zero attached hydrogens (tertiary/aromatic N) is 1. The smallest absolute Gasteiger partial charge is 0.335 e. The molecular weight excluding hydrogens is 340 g/mol. The summed E-state index contributed by atoms with van der Waals surface area (Å²) in [7, 11) is 3.91. The molecule has 0 aliphatic heterocycles. The Labute approximate surface area is 151 Å². The van der Waals surface area contributed by atoms with Gasteiger partial charge in [0.2, 0.25) is 0 Å².